The molecule has 8 heteroatoms. The third-order valence-corrected chi connectivity index (χ3v) is 4.74. The van der Waals surface area contributed by atoms with Crippen molar-refractivity contribution >= 4 is 23.7 Å². The van der Waals surface area contributed by atoms with E-state index in [0.29, 0.717) is 45.3 Å². The van der Waals surface area contributed by atoms with Crippen molar-refractivity contribution in [2.45, 2.75) is 65.8 Å². The predicted molar refractivity (Wildman–Crippen MR) is 101 cm³/mol. The topological polar surface area (TPSA) is 107 Å². The molecule has 0 aromatic heterocycles. The van der Waals surface area contributed by atoms with E-state index in [2.05, 4.69) is 5.32 Å². The summed E-state index contributed by atoms with van der Waals surface area (Å²) in [5.41, 5.74) is -0.442. The molecule has 2 N–H and O–H groups in total. The molecule has 0 radical (unpaired) electrons. The van der Waals surface area contributed by atoms with Crippen LogP contribution in [0.25, 0.3) is 0 Å². The maximum atomic E-state index is 12.4. The second-order valence-corrected chi connectivity index (χ2v) is 8.12. The number of aliphatic carboxylic acids is 1. The average molecular weight is 383 g/mol. The fourth-order valence-corrected chi connectivity index (χ4v) is 3.15. The smallest absolute Gasteiger partial charge is 0.323 e. The molecule has 27 heavy (non-hydrogen) atoms. The maximum absolute atomic E-state index is 12.4. The van der Waals surface area contributed by atoms with Crippen molar-refractivity contribution in [3.8, 4) is 0 Å². The third-order valence-electron chi connectivity index (χ3n) is 4.74. The molecule has 0 saturated carbocycles. The molecule has 0 aromatic carbocycles. The summed E-state index contributed by atoms with van der Waals surface area (Å²) in [4.78, 5) is 50.1. The Morgan fingerprint density at radius 3 is 2.37 bits per heavy atom. The summed E-state index contributed by atoms with van der Waals surface area (Å²) in [6, 6.07) is -0.150. The minimum absolute atomic E-state index is 0.0321. The second-order valence-electron chi connectivity index (χ2n) is 8.12. The Balaban J connectivity index is 2.45. The van der Waals surface area contributed by atoms with Gasteiger partial charge >= 0.3 is 5.97 Å². The van der Waals surface area contributed by atoms with Gasteiger partial charge in [0.05, 0.1) is 0 Å². The van der Waals surface area contributed by atoms with Gasteiger partial charge in [0.1, 0.15) is 6.54 Å². The highest BCUT2D eigenvalue weighted by molar-refractivity contribution is 5.81. The zero-order chi connectivity index (χ0) is 20.6. The lowest BCUT2D eigenvalue weighted by Gasteiger charge is -2.28. The van der Waals surface area contributed by atoms with Crippen LogP contribution in [0.1, 0.15) is 59.8 Å². The van der Waals surface area contributed by atoms with Gasteiger partial charge in [-0.3, -0.25) is 19.2 Å². The molecule has 1 aliphatic heterocycles. The van der Waals surface area contributed by atoms with E-state index in [0.717, 1.165) is 6.42 Å². The van der Waals surface area contributed by atoms with Crippen molar-refractivity contribution in [1.29, 1.82) is 0 Å². The number of hydrogen-bond donors (Lipinski definition) is 2. The zero-order valence-corrected chi connectivity index (χ0v) is 16.9. The van der Waals surface area contributed by atoms with Crippen molar-refractivity contribution < 1.29 is 24.3 Å². The highest BCUT2D eigenvalue weighted by atomic mass is 16.4. The van der Waals surface area contributed by atoms with E-state index in [1.807, 2.05) is 20.8 Å². The normalized spacial score (nSPS) is 17.8. The number of amides is 3. The van der Waals surface area contributed by atoms with Gasteiger partial charge in [0.15, 0.2) is 0 Å². The first-order valence-corrected chi connectivity index (χ1v) is 9.57. The molecular formula is C19H33N3O5. The summed E-state index contributed by atoms with van der Waals surface area (Å²) in [6.07, 6.45) is 2.96. The lowest BCUT2D eigenvalue weighted by molar-refractivity contribution is -0.145. The second kappa shape index (κ2) is 10.3. The highest BCUT2D eigenvalue weighted by Crippen LogP contribution is 2.18. The standard InChI is InChI=1S/C19H33N3O5/c1-14(23)22(13-17(25)26)15-7-6-11-21(12-9-15)16(24)8-5-10-20-18(27)19(2,3)4/h15H,5-13H2,1-4H3,(H,20,27)(H,25,26). The van der Waals surface area contributed by atoms with Gasteiger partial charge in [0.2, 0.25) is 17.7 Å². The Morgan fingerprint density at radius 2 is 1.81 bits per heavy atom. The van der Waals surface area contributed by atoms with Gasteiger partial charge < -0.3 is 20.2 Å². The molecule has 154 valence electrons. The van der Waals surface area contributed by atoms with E-state index < -0.39 is 11.4 Å². The van der Waals surface area contributed by atoms with E-state index in [4.69, 9.17) is 5.11 Å². The van der Waals surface area contributed by atoms with Crippen LogP contribution < -0.4 is 5.32 Å². The number of hydrogen-bond acceptors (Lipinski definition) is 4. The number of nitrogens with one attached hydrogen (secondary N) is 1. The Bertz CT molecular complexity index is 556. The lowest BCUT2D eigenvalue weighted by Crippen LogP contribution is -2.43. The Kier molecular flexibility index (Phi) is 8.72. The number of rotatable bonds is 7. The van der Waals surface area contributed by atoms with Crippen LogP contribution in [-0.4, -0.2) is 70.8 Å². The summed E-state index contributed by atoms with van der Waals surface area (Å²) in [5, 5.41) is 11.8. The summed E-state index contributed by atoms with van der Waals surface area (Å²) in [7, 11) is 0. The van der Waals surface area contributed by atoms with E-state index in [1.165, 1.54) is 11.8 Å². The molecule has 0 aromatic rings. The van der Waals surface area contributed by atoms with Crippen LogP contribution in [0.4, 0.5) is 0 Å². The van der Waals surface area contributed by atoms with Gasteiger partial charge in [-0.15, -0.1) is 0 Å². The minimum Gasteiger partial charge on any atom is -0.480 e. The number of nitrogens with zero attached hydrogens (tertiary/aromatic N) is 2. The fraction of sp³-hybridized carbons (Fsp3) is 0.789. The van der Waals surface area contributed by atoms with E-state index in [-0.39, 0.29) is 30.3 Å². The van der Waals surface area contributed by atoms with Gasteiger partial charge in [-0.2, -0.15) is 0 Å². The van der Waals surface area contributed by atoms with Crippen LogP contribution >= 0.6 is 0 Å². The largest absolute Gasteiger partial charge is 0.480 e. The molecule has 1 fully saturated rings. The van der Waals surface area contributed by atoms with Gasteiger partial charge in [-0.05, 0) is 25.7 Å². The summed E-state index contributed by atoms with van der Waals surface area (Å²) >= 11 is 0. The van der Waals surface area contributed by atoms with Crippen molar-refractivity contribution in [3.05, 3.63) is 0 Å². The predicted octanol–water partition coefficient (Wildman–Crippen LogP) is 1.24. The zero-order valence-electron chi connectivity index (χ0n) is 16.9. The number of carbonyl (C=O) groups excluding carboxylic acids is 3. The molecule has 0 bridgehead atoms. The van der Waals surface area contributed by atoms with Gasteiger partial charge in [-0.1, -0.05) is 20.8 Å². The molecule has 1 saturated heterocycles. The summed E-state index contributed by atoms with van der Waals surface area (Å²) in [5.74, 6) is -1.28. The van der Waals surface area contributed by atoms with Crippen LogP contribution in [0.2, 0.25) is 0 Å². The number of carboxylic acids is 1. The molecule has 1 unspecified atom stereocenters. The first-order valence-electron chi connectivity index (χ1n) is 9.57. The summed E-state index contributed by atoms with van der Waals surface area (Å²) in [6.45, 7) is 8.20. The highest BCUT2D eigenvalue weighted by Gasteiger charge is 2.27. The average Bonchev–Trinajstić information content (AvgIpc) is 2.80. The first kappa shape index (κ1) is 22.9. The van der Waals surface area contributed by atoms with Crippen molar-refractivity contribution in [3.63, 3.8) is 0 Å². The Labute approximate surface area is 161 Å². The van der Waals surface area contributed by atoms with Gasteiger partial charge in [-0.25, -0.2) is 0 Å². The minimum atomic E-state index is -1.03. The monoisotopic (exact) mass is 383 g/mol. The molecule has 0 spiro atoms. The molecule has 1 heterocycles. The molecule has 3 amide bonds. The van der Waals surface area contributed by atoms with Crippen LogP contribution in [0.5, 0.6) is 0 Å². The maximum Gasteiger partial charge on any atom is 0.323 e. The molecule has 1 atom stereocenters. The van der Waals surface area contributed by atoms with Crippen molar-refractivity contribution in [1.82, 2.24) is 15.1 Å². The summed E-state index contributed by atoms with van der Waals surface area (Å²) < 4.78 is 0. The first-order chi connectivity index (χ1) is 12.5. The van der Waals surface area contributed by atoms with Crippen LogP contribution in [0, 0.1) is 5.41 Å². The Hall–Kier alpha value is -2.12. The van der Waals surface area contributed by atoms with Crippen molar-refractivity contribution in [2.24, 2.45) is 5.41 Å². The van der Waals surface area contributed by atoms with Crippen LogP contribution in [0.3, 0.4) is 0 Å². The molecular weight excluding hydrogens is 350 g/mol. The molecule has 8 nitrogen and oxygen atoms in total. The lowest BCUT2D eigenvalue weighted by atomic mass is 9.96. The SMILES string of the molecule is CC(=O)N(CC(=O)O)C1CCCN(C(=O)CCCNC(=O)C(C)(C)C)CC1. The number of carboxylic acid groups (broad SMARTS) is 1. The van der Waals surface area contributed by atoms with Crippen LogP contribution in [-0.2, 0) is 19.2 Å². The third kappa shape index (κ3) is 7.97. The van der Waals surface area contributed by atoms with E-state index in [1.54, 1.807) is 4.90 Å². The molecule has 1 rings (SSSR count). The Morgan fingerprint density at radius 1 is 1.15 bits per heavy atom. The molecule has 0 aliphatic carbocycles. The number of likely N-dealkylation sites (tertiary alicyclic amines) is 1. The van der Waals surface area contributed by atoms with Crippen LogP contribution in [0.15, 0.2) is 0 Å². The fourth-order valence-electron chi connectivity index (χ4n) is 3.15. The quantitative estimate of drug-likeness (QED) is 0.643. The number of carbonyl (C=O) groups is 4. The van der Waals surface area contributed by atoms with E-state index >= 15 is 0 Å². The van der Waals surface area contributed by atoms with Gasteiger partial charge in [0, 0.05) is 44.4 Å². The van der Waals surface area contributed by atoms with E-state index in [9.17, 15) is 19.2 Å². The van der Waals surface area contributed by atoms with Crippen molar-refractivity contribution in [2.75, 3.05) is 26.2 Å². The molecule has 1 aliphatic rings. The van der Waals surface area contributed by atoms with Gasteiger partial charge in [0.25, 0.3) is 0 Å².